The van der Waals surface area contributed by atoms with E-state index in [1.807, 2.05) is 0 Å². The van der Waals surface area contributed by atoms with Crippen LogP contribution in [0.15, 0.2) is 167 Å². The number of benzene rings is 6. The minimum atomic E-state index is -3.88. The van der Waals surface area contributed by atoms with Gasteiger partial charge >= 0.3 is 323 Å². The van der Waals surface area contributed by atoms with E-state index in [2.05, 4.69) is 213 Å². The van der Waals surface area contributed by atoms with Crippen molar-refractivity contribution in [3.63, 3.8) is 0 Å². The maximum absolute atomic E-state index is 3.88. The largest absolute Gasteiger partial charge is 0.147 e. The van der Waals surface area contributed by atoms with Gasteiger partial charge in [-0.05, 0) is 0 Å². The van der Waals surface area contributed by atoms with E-state index in [0.29, 0.717) is 0 Å². The smallest absolute Gasteiger partial charge is 0.147 e. The van der Waals surface area contributed by atoms with E-state index in [4.69, 9.17) is 0 Å². The summed E-state index contributed by atoms with van der Waals surface area (Å²) in [5.41, 5.74) is 16.4. The molecular weight excluding hydrogens is 787 g/mol. The molecule has 0 N–H and O–H groups in total. The van der Waals surface area contributed by atoms with E-state index >= 15 is 0 Å². The molecule has 2 aliphatic rings. The molecule has 0 amide bonds. The molecule has 0 saturated carbocycles. The summed E-state index contributed by atoms with van der Waals surface area (Å²) in [7, 11) is 0. The van der Waals surface area contributed by atoms with Gasteiger partial charge in [-0.1, -0.05) is 0 Å². The quantitative estimate of drug-likeness (QED) is 0.157. The Morgan fingerprint density at radius 3 is 1.25 bits per heavy atom. The average molecular weight is 839 g/mol. The van der Waals surface area contributed by atoms with Crippen LogP contribution in [0.5, 0.6) is 0 Å². The fourth-order valence-corrected chi connectivity index (χ4v) is 20.7. The van der Waals surface area contributed by atoms with Gasteiger partial charge < -0.3 is 0 Å². The van der Waals surface area contributed by atoms with Crippen molar-refractivity contribution >= 4 is 32.2 Å². The molecule has 0 aliphatic heterocycles. The van der Waals surface area contributed by atoms with Crippen LogP contribution in [0.2, 0.25) is 0 Å². The van der Waals surface area contributed by atoms with Crippen molar-refractivity contribution in [3.8, 4) is 33.4 Å². The third-order valence-corrected chi connectivity index (χ3v) is 22.9. The second kappa shape index (κ2) is 16.2. The molecule has 0 bridgehead atoms. The summed E-state index contributed by atoms with van der Waals surface area (Å²) in [5, 5.41) is 0. The Bertz CT molecular complexity index is 2320. The summed E-state index contributed by atoms with van der Waals surface area (Å²) < 4.78 is 7.51. The van der Waals surface area contributed by atoms with E-state index in [1.165, 1.54) is 66.8 Å². The molecule has 2 aliphatic carbocycles. The van der Waals surface area contributed by atoms with E-state index in [-0.39, 0.29) is 39.3 Å². The third-order valence-electron chi connectivity index (χ3n) is 11.4. The van der Waals surface area contributed by atoms with Gasteiger partial charge in [-0.15, -0.1) is 24.8 Å². The topological polar surface area (TPSA) is 0 Å². The first-order chi connectivity index (χ1) is 25.5. The second-order valence-corrected chi connectivity index (χ2v) is 26.1. The SMILES string of the molecule is CC(C)(C)c1ccc2c(c1)[CH]([Zr](=[CH]c1ccc(-c3ccccc3)cc1)(=[CH]c1ccc(-c3ccccc3)cc1)[C]1=CC=CC1)c1cc(C(C)(C)C)ccc1-2.Cl.Cl. The summed E-state index contributed by atoms with van der Waals surface area (Å²) in [4.78, 5) is 0. The maximum Gasteiger partial charge on any atom is -0.147 e. The Labute approximate surface area is 345 Å². The van der Waals surface area contributed by atoms with Crippen LogP contribution in [0.4, 0.5) is 0 Å². The van der Waals surface area contributed by atoms with Gasteiger partial charge in [0.05, 0.1) is 0 Å². The van der Waals surface area contributed by atoms with Crippen LogP contribution in [0.25, 0.3) is 33.4 Å². The van der Waals surface area contributed by atoms with Crippen LogP contribution >= 0.6 is 24.8 Å². The predicted molar refractivity (Wildman–Crippen MR) is 242 cm³/mol. The van der Waals surface area contributed by atoms with Crippen molar-refractivity contribution in [2.45, 2.75) is 62.4 Å². The number of rotatable bonds is 6. The monoisotopic (exact) mass is 836 g/mol. The number of allylic oxidation sites excluding steroid dienone is 4. The Kier molecular flexibility index (Phi) is 12.0. The van der Waals surface area contributed by atoms with Gasteiger partial charge in [-0.25, -0.2) is 0 Å². The molecule has 0 heterocycles. The van der Waals surface area contributed by atoms with Gasteiger partial charge in [0.2, 0.25) is 0 Å². The van der Waals surface area contributed by atoms with Gasteiger partial charge in [0.25, 0.3) is 0 Å². The van der Waals surface area contributed by atoms with Gasteiger partial charge in [0.15, 0.2) is 0 Å². The molecule has 0 nitrogen and oxygen atoms in total. The number of hydrogen-bond acceptors (Lipinski definition) is 0. The van der Waals surface area contributed by atoms with Gasteiger partial charge in [-0.3, -0.25) is 0 Å². The van der Waals surface area contributed by atoms with Gasteiger partial charge in [0.1, 0.15) is 0 Å². The Morgan fingerprint density at radius 1 is 0.491 bits per heavy atom. The van der Waals surface area contributed by atoms with Crippen molar-refractivity contribution in [3.05, 3.63) is 200 Å². The Hall–Kier alpha value is -4.00. The summed E-state index contributed by atoms with van der Waals surface area (Å²) in [6, 6.07) is 55.1. The van der Waals surface area contributed by atoms with Crippen LogP contribution in [0.1, 0.15) is 85.0 Å². The zero-order chi connectivity index (χ0) is 36.8. The van der Waals surface area contributed by atoms with Crippen molar-refractivity contribution in [1.82, 2.24) is 0 Å². The summed E-state index contributed by atoms with van der Waals surface area (Å²) in [5.74, 6) is 0. The number of fused-ring (bicyclic) bond motifs is 3. The first-order valence-corrected chi connectivity index (χ1v) is 24.7. The Balaban J connectivity index is 0.00000257. The van der Waals surface area contributed by atoms with E-state index in [0.717, 1.165) is 6.42 Å². The molecule has 55 heavy (non-hydrogen) atoms. The van der Waals surface area contributed by atoms with Crippen molar-refractivity contribution in [2.24, 2.45) is 0 Å². The summed E-state index contributed by atoms with van der Waals surface area (Å²) >= 11 is -3.88. The molecule has 0 aromatic heterocycles. The van der Waals surface area contributed by atoms with E-state index < -0.39 is 19.3 Å². The number of halogens is 2. The first kappa shape index (κ1) is 40.7. The molecule has 8 rings (SSSR count). The molecule has 0 radical (unpaired) electrons. The fraction of sp³-hybridized carbons (Fsp3) is 0.192. The van der Waals surface area contributed by atoms with E-state index in [9.17, 15) is 0 Å². The van der Waals surface area contributed by atoms with Crippen LogP contribution in [0.3, 0.4) is 0 Å². The predicted octanol–water partition coefficient (Wildman–Crippen LogP) is 14.2. The van der Waals surface area contributed by atoms with Crippen LogP contribution < -0.4 is 0 Å². The molecule has 278 valence electrons. The standard InChI is InChI=1S/C21H25.2C13H10.C5H5.2ClH.Zr/c1-20(2,3)16-7-9-18-14(12-16)11-15-13-17(21(4,5)6)8-10-19(15)18;2*1-11-7-9-13(10-8-11)12-5-3-2-4-6-12;1-2-4-5-3-1;;;/h7-13H,1-6H3;2*1-10H;1-3H,4H2;2*1H;. The molecule has 0 unspecified atom stereocenters. The first-order valence-electron chi connectivity index (χ1n) is 19.2. The fourth-order valence-electron chi connectivity index (χ4n) is 8.41. The van der Waals surface area contributed by atoms with Gasteiger partial charge in [-0.2, -0.15) is 0 Å². The van der Waals surface area contributed by atoms with Crippen LogP contribution in [-0.2, 0) is 30.1 Å². The molecular formula is C52H52Cl2Zr. The molecule has 3 heteroatoms. The third kappa shape index (κ3) is 8.14. The van der Waals surface area contributed by atoms with Crippen molar-refractivity contribution in [2.75, 3.05) is 0 Å². The Morgan fingerprint density at radius 2 is 0.891 bits per heavy atom. The summed E-state index contributed by atoms with van der Waals surface area (Å²) in [6.07, 6.45) is 8.19. The minimum absolute atomic E-state index is 0. The molecule has 0 spiro atoms. The van der Waals surface area contributed by atoms with Gasteiger partial charge in [0, 0.05) is 0 Å². The molecule has 6 aromatic carbocycles. The second-order valence-electron chi connectivity index (χ2n) is 17.1. The van der Waals surface area contributed by atoms with Crippen molar-refractivity contribution < 1.29 is 19.3 Å². The zero-order valence-corrected chi connectivity index (χ0v) is 36.9. The normalized spacial score (nSPS) is 13.3. The van der Waals surface area contributed by atoms with Crippen molar-refractivity contribution in [1.29, 1.82) is 0 Å². The average Bonchev–Trinajstić information content (AvgIpc) is 3.83. The van der Waals surface area contributed by atoms with Crippen LogP contribution in [-0.4, -0.2) is 7.42 Å². The maximum atomic E-state index is 2.80. The molecule has 6 aromatic rings. The van der Waals surface area contributed by atoms with Crippen LogP contribution in [0, 0.1) is 0 Å². The van der Waals surface area contributed by atoms with E-state index in [1.54, 1.807) is 3.28 Å². The number of hydrogen-bond donors (Lipinski definition) is 0. The zero-order valence-electron chi connectivity index (χ0n) is 32.8. The molecule has 0 fully saturated rings. The molecule has 0 saturated heterocycles. The summed E-state index contributed by atoms with van der Waals surface area (Å²) in [6.45, 7) is 14.1. The minimum Gasteiger partial charge on any atom is -0.147 e. The molecule has 0 atom stereocenters.